The van der Waals surface area contributed by atoms with Gasteiger partial charge in [0.2, 0.25) is 0 Å². The Balaban J connectivity index is 1.36. The summed E-state index contributed by atoms with van der Waals surface area (Å²) in [7, 11) is 1.40. The Bertz CT molecular complexity index is 1550. The molecule has 2 aromatic carbocycles. The molecule has 1 fully saturated rings. The van der Waals surface area contributed by atoms with E-state index in [2.05, 4.69) is 14.6 Å². The van der Waals surface area contributed by atoms with Gasteiger partial charge in [0.15, 0.2) is 17.2 Å². The number of anilines is 1. The monoisotopic (exact) mass is 643 g/mol. The maximum Gasteiger partial charge on any atom is 0.586 e. The number of ether oxygens (including phenoxy) is 4. The molecule has 0 atom stereocenters. The van der Waals surface area contributed by atoms with Gasteiger partial charge in [-0.1, -0.05) is 17.7 Å². The fourth-order valence-electron chi connectivity index (χ4n) is 5.10. The number of esters is 1. The molecule has 0 saturated heterocycles. The largest absolute Gasteiger partial charge is 0.586 e. The molecule has 0 spiro atoms. The predicted octanol–water partition coefficient (Wildman–Crippen LogP) is 6.78. The van der Waals surface area contributed by atoms with Crippen LogP contribution in [0.4, 0.5) is 27.6 Å². The van der Waals surface area contributed by atoms with Crippen LogP contribution in [0, 0.1) is 5.92 Å². The minimum absolute atomic E-state index is 0.0670. The molecule has 1 aliphatic carbocycles. The average Bonchev–Trinajstić information content (AvgIpc) is 3.49. The summed E-state index contributed by atoms with van der Waals surface area (Å²) in [5.41, 5.74) is -1.00. The summed E-state index contributed by atoms with van der Waals surface area (Å²) in [5.74, 6) is -1.58. The molecule has 15 heteroatoms. The summed E-state index contributed by atoms with van der Waals surface area (Å²) in [6, 6.07) is 9.50. The quantitative estimate of drug-likeness (QED) is 0.197. The van der Waals surface area contributed by atoms with Gasteiger partial charge >= 0.3 is 18.4 Å². The van der Waals surface area contributed by atoms with Crippen LogP contribution in [0.3, 0.4) is 0 Å². The lowest BCUT2D eigenvalue weighted by atomic mass is 9.87. The number of amides is 1. The molecule has 1 aliphatic heterocycles. The first kappa shape index (κ1) is 31.5. The molecule has 0 radical (unpaired) electrons. The van der Waals surface area contributed by atoms with Crippen molar-refractivity contribution < 1.29 is 50.5 Å². The lowest BCUT2D eigenvalue weighted by Gasteiger charge is -2.27. The van der Waals surface area contributed by atoms with Crippen LogP contribution in [0.1, 0.15) is 54.4 Å². The third-order valence-electron chi connectivity index (χ3n) is 7.35. The normalized spacial score (nSPS) is 19.1. The van der Waals surface area contributed by atoms with Gasteiger partial charge in [0, 0.05) is 24.4 Å². The average molecular weight is 644 g/mol. The van der Waals surface area contributed by atoms with Crippen LogP contribution < -0.4 is 14.4 Å². The summed E-state index contributed by atoms with van der Waals surface area (Å²) in [5, 5.41) is 3.08. The zero-order chi connectivity index (χ0) is 31.8. The predicted molar refractivity (Wildman–Crippen MR) is 146 cm³/mol. The van der Waals surface area contributed by atoms with Crippen LogP contribution in [0.5, 0.6) is 11.5 Å². The van der Waals surface area contributed by atoms with Crippen molar-refractivity contribution >= 4 is 29.2 Å². The van der Waals surface area contributed by atoms with Gasteiger partial charge in [-0.2, -0.15) is 18.3 Å². The van der Waals surface area contributed by atoms with E-state index in [1.54, 1.807) is 6.92 Å². The van der Waals surface area contributed by atoms with Crippen LogP contribution in [0.25, 0.3) is 5.69 Å². The van der Waals surface area contributed by atoms with Gasteiger partial charge in [0.05, 0.1) is 41.6 Å². The summed E-state index contributed by atoms with van der Waals surface area (Å²) in [4.78, 5) is 26.5. The second kappa shape index (κ2) is 12.2. The maximum absolute atomic E-state index is 13.8. The molecular formula is C29H27ClF5N3O6. The smallest absolute Gasteiger partial charge is 0.466 e. The van der Waals surface area contributed by atoms with Crippen LogP contribution in [0.15, 0.2) is 42.5 Å². The Morgan fingerprint density at radius 2 is 1.80 bits per heavy atom. The van der Waals surface area contributed by atoms with Gasteiger partial charge in [-0.25, -0.2) is 4.68 Å². The Hall–Kier alpha value is -3.91. The van der Waals surface area contributed by atoms with Gasteiger partial charge in [-0.3, -0.25) is 9.59 Å². The van der Waals surface area contributed by atoms with E-state index in [1.165, 1.54) is 49.5 Å². The number of rotatable bonds is 8. The number of hydrogen-bond acceptors (Lipinski definition) is 7. The summed E-state index contributed by atoms with van der Waals surface area (Å²) in [6.07, 6.45) is -6.95. The number of benzene rings is 2. The number of carbonyl (C=O) groups is 2. The third-order valence-corrected chi connectivity index (χ3v) is 7.75. The highest BCUT2D eigenvalue weighted by Crippen LogP contribution is 2.43. The van der Waals surface area contributed by atoms with Crippen molar-refractivity contribution in [2.45, 2.75) is 57.8 Å². The van der Waals surface area contributed by atoms with E-state index < -0.39 is 29.1 Å². The molecule has 44 heavy (non-hydrogen) atoms. The molecule has 3 aromatic rings. The number of nitrogens with zero attached hydrogens (tertiary/aromatic N) is 3. The molecule has 0 N–H and O–H groups in total. The highest BCUT2D eigenvalue weighted by Gasteiger charge is 2.44. The summed E-state index contributed by atoms with van der Waals surface area (Å²) >= 11 is 6.19. The van der Waals surface area contributed by atoms with E-state index in [9.17, 15) is 31.5 Å². The van der Waals surface area contributed by atoms with Crippen molar-refractivity contribution in [2.75, 3.05) is 18.6 Å². The van der Waals surface area contributed by atoms with Gasteiger partial charge in [-0.15, -0.1) is 8.78 Å². The first-order chi connectivity index (χ1) is 20.8. The first-order valence-electron chi connectivity index (χ1n) is 13.7. The number of hydrogen-bond donors (Lipinski definition) is 0. The fourth-order valence-corrected chi connectivity index (χ4v) is 5.38. The molecule has 2 aliphatic rings. The van der Waals surface area contributed by atoms with Gasteiger partial charge in [0.1, 0.15) is 0 Å². The molecule has 1 saturated carbocycles. The maximum atomic E-state index is 13.8. The molecule has 9 nitrogen and oxygen atoms in total. The lowest BCUT2D eigenvalue weighted by Crippen LogP contribution is -2.27. The second-order valence-corrected chi connectivity index (χ2v) is 10.6. The van der Waals surface area contributed by atoms with Crippen LogP contribution in [0.2, 0.25) is 5.02 Å². The number of aromatic nitrogens is 2. The van der Waals surface area contributed by atoms with Crippen molar-refractivity contribution in [3.05, 3.63) is 64.4 Å². The topological polar surface area (TPSA) is 92.1 Å². The van der Waals surface area contributed by atoms with Gasteiger partial charge in [0.25, 0.3) is 5.91 Å². The van der Waals surface area contributed by atoms with Crippen LogP contribution in [-0.2, 0) is 27.1 Å². The fraction of sp³-hybridized carbons (Fsp3) is 0.414. The van der Waals surface area contributed by atoms with E-state index >= 15 is 0 Å². The van der Waals surface area contributed by atoms with E-state index in [-0.39, 0.29) is 65.3 Å². The molecule has 236 valence electrons. The second-order valence-electron chi connectivity index (χ2n) is 10.3. The third kappa shape index (κ3) is 6.60. The Kier molecular flexibility index (Phi) is 8.76. The van der Waals surface area contributed by atoms with Crippen LogP contribution >= 0.6 is 11.6 Å². The van der Waals surface area contributed by atoms with E-state index in [0.717, 1.165) is 9.58 Å². The molecule has 0 unspecified atom stereocenters. The van der Waals surface area contributed by atoms with Crippen molar-refractivity contribution in [2.24, 2.45) is 5.92 Å². The lowest BCUT2D eigenvalue weighted by molar-refractivity contribution is -0.286. The Morgan fingerprint density at radius 1 is 1.09 bits per heavy atom. The standard InChI is InChI=1S/C29H27ClF5N3O6/c1-3-41-27(40)16-7-10-20(11-8-16)42-15-21-24(30)25(28(31,32)33)36-38(21)19-6-4-5-17(13-19)26(39)37(2)18-9-12-22-23(14-18)44-29(34,35)43-22/h4-6,9,12-14,16,20H,3,7-8,10-11,15H2,1-2H3. The molecule has 1 amide bonds. The molecule has 0 bridgehead atoms. The van der Waals surface area contributed by atoms with Gasteiger partial charge < -0.3 is 23.8 Å². The van der Waals surface area contributed by atoms with Crippen LogP contribution in [-0.4, -0.2) is 47.7 Å². The zero-order valence-corrected chi connectivity index (χ0v) is 24.3. The highest BCUT2D eigenvalue weighted by atomic mass is 35.5. The molecule has 2 heterocycles. The number of carbonyl (C=O) groups excluding carboxylic acids is 2. The number of alkyl halides is 5. The van der Waals surface area contributed by atoms with E-state index in [1.807, 2.05) is 0 Å². The van der Waals surface area contributed by atoms with Gasteiger partial charge in [-0.05, 0) is 62.9 Å². The SMILES string of the molecule is CCOC(=O)C1CCC(OCc2c(Cl)c(C(F)(F)F)nn2-c2cccc(C(=O)N(C)c3ccc4c(c3)OC(F)(F)O4)c2)CC1. The number of fused-ring (bicyclic) bond motifs is 1. The summed E-state index contributed by atoms with van der Waals surface area (Å²) < 4.78 is 89.1. The Labute approximate surface area is 253 Å². The number of halogens is 6. The van der Waals surface area contributed by atoms with E-state index in [0.29, 0.717) is 25.7 Å². The van der Waals surface area contributed by atoms with Crippen molar-refractivity contribution in [1.82, 2.24) is 9.78 Å². The van der Waals surface area contributed by atoms with Crippen molar-refractivity contribution in [3.63, 3.8) is 0 Å². The zero-order valence-electron chi connectivity index (χ0n) is 23.5. The molecule has 5 rings (SSSR count). The highest BCUT2D eigenvalue weighted by molar-refractivity contribution is 6.32. The van der Waals surface area contributed by atoms with E-state index in [4.69, 9.17) is 21.1 Å². The Morgan fingerprint density at radius 3 is 2.48 bits per heavy atom. The molecule has 1 aromatic heterocycles. The minimum Gasteiger partial charge on any atom is -0.466 e. The minimum atomic E-state index is -4.86. The first-order valence-corrected chi connectivity index (χ1v) is 14.1. The van der Waals surface area contributed by atoms with Crippen molar-refractivity contribution in [1.29, 1.82) is 0 Å². The molecular weight excluding hydrogens is 617 g/mol. The summed E-state index contributed by atoms with van der Waals surface area (Å²) in [6.45, 7) is 1.70. The van der Waals surface area contributed by atoms with Crippen molar-refractivity contribution in [3.8, 4) is 17.2 Å².